The van der Waals surface area contributed by atoms with Crippen molar-refractivity contribution in [3.63, 3.8) is 0 Å². The topological polar surface area (TPSA) is 67.6 Å². The van der Waals surface area contributed by atoms with Crippen molar-refractivity contribution in [2.24, 2.45) is 0 Å². The SMILES string of the molecule is O=C(c1ccc(CS(=O)(=O)c2ccccc2)o1)N(Cc1ccccc1)c1ccccc1. The van der Waals surface area contributed by atoms with E-state index in [4.69, 9.17) is 4.42 Å². The summed E-state index contributed by atoms with van der Waals surface area (Å²) >= 11 is 0. The summed E-state index contributed by atoms with van der Waals surface area (Å²) in [6.45, 7) is 0.363. The van der Waals surface area contributed by atoms with E-state index in [9.17, 15) is 13.2 Å². The summed E-state index contributed by atoms with van der Waals surface area (Å²) < 4.78 is 30.9. The first-order valence-electron chi connectivity index (χ1n) is 9.80. The van der Waals surface area contributed by atoms with Crippen LogP contribution in [-0.4, -0.2) is 14.3 Å². The summed E-state index contributed by atoms with van der Waals surface area (Å²) in [5.41, 5.74) is 1.70. The van der Waals surface area contributed by atoms with Gasteiger partial charge in [0.2, 0.25) is 0 Å². The number of carbonyl (C=O) groups is 1. The van der Waals surface area contributed by atoms with E-state index >= 15 is 0 Å². The predicted molar refractivity (Wildman–Crippen MR) is 119 cm³/mol. The highest BCUT2D eigenvalue weighted by Crippen LogP contribution is 2.23. The molecule has 0 saturated heterocycles. The number of rotatable bonds is 7. The third-order valence-electron chi connectivity index (χ3n) is 4.80. The number of nitrogens with zero attached hydrogens (tertiary/aromatic N) is 1. The maximum absolute atomic E-state index is 13.3. The van der Waals surface area contributed by atoms with Crippen LogP contribution >= 0.6 is 0 Å². The molecule has 0 unspecified atom stereocenters. The van der Waals surface area contributed by atoms with Crippen molar-refractivity contribution in [1.82, 2.24) is 0 Å². The zero-order valence-corrected chi connectivity index (χ0v) is 17.5. The van der Waals surface area contributed by atoms with Crippen LogP contribution in [0.3, 0.4) is 0 Å². The highest BCUT2D eigenvalue weighted by Gasteiger charge is 2.23. The van der Waals surface area contributed by atoms with Gasteiger partial charge < -0.3 is 9.32 Å². The molecule has 0 bridgehead atoms. The van der Waals surface area contributed by atoms with E-state index in [0.717, 1.165) is 11.3 Å². The summed E-state index contributed by atoms with van der Waals surface area (Å²) in [5, 5.41) is 0. The van der Waals surface area contributed by atoms with Crippen LogP contribution in [0.25, 0.3) is 0 Å². The van der Waals surface area contributed by atoms with Crippen LogP contribution in [0, 0.1) is 0 Å². The zero-order chi connectivity index (χ0) is 21.7. The number of sulfone groups is 1. The molecule has 0 fully saturated rings. The molecular weight excluding hydrogens is 410 g/mol. The van der Waals surface area contributed by atoms with Crippen molar-refractivity contribution in [1.29, 1.82) is 0 Å². The maximum atomic E-state index is 13.3. The van der Waals surface area contributed by atoms with Gasteiger partial charge in [-0.25, -0.2) is 8.42 Å². The Labute approximate surface area is 181 Å². The van der Waals surface area contributed by atoms with Crippen LogP contribution in [0.1, 0.15) is 21.9 Å². The van der Waals surface area contributed by atoms with Crippen molar-refractivity contribution in [3.05, 3.63) is 120 Å². The van der Waals surface area contributed by atoms with Gasteiger partial charge >= 0.3 is 0 Å². The highest BCUT2D eigenvalue weighted by atomic mass is 32.2. The normalized spacial score (nSPS) is 11.2. The number of furan rings is 1. The lowest BCUT2D eigenvalue weighted by atomic mass is 10.2. The molecule has 31 heavy (non-hydrogen) atoms. The second kappa shape index (κ2) is 9.02. The van der Waals surface area contributed by atoms with Crippen LogP contribution in [0.2, 0.25) is 0 Å². The smallest absolute Gasteiger partial charge is 0.294 e. The highest BCUT2D eigenvalue weighted by molar-refractivity contribution is 7.90. The minimum atomic E-state index is -3.57. The minimum absolute atomic E-state index is 0.0954. The van der Waals surface area contributed by atoms with Gasteiger partial charge in [-0.1, -0.05) is 66.7 Å². The molecule has 0 atom stereocenters. The fraction of sp³-hybridized carbons (Fsp3) is 0.0800. The van der Waals surface area contributed by atoms with Gasteiger partial charge in [0.25, 0.3) is 5.91 Å². The Morgan fingerprint density at radius 1 is 0.742 bits per heavy atom. The molecule has 0 radical (unpaired) electrons. The second-order valence-electron chi connectivity index (χ2n) is 7.05. The Balaban J connectivity index is 1.59. The largest absolute Gasteiger partial charge is 0.455 e. The summed E-state index contributed by atoms with van der Waals surface area (Å²) in [6, 6.07) is 30.2. The average molecular weight is 432 g/mol. The van der Waals surface area contributed by atoms with Crippen LogP contribution < -0.4 is 4.90 Å². The van der Waals surface area contributed by atoms with Gasteiger partial charge in [0.1, 0.15) is 11.5 Å². The van der Waals surface area contributed by atoms with E-state index in [0.29, 0.717) is 6.54 Å². The Bertz CT molecular complexity index is 1250. The number of anilines is 1. The number of para-hydroxylation sites is 1. The van der Waals surface area contributed by atoms with Gasteiger partial charge in [-0.3, -0.25) is 4.79 Å². The van der Waals surface area contributed by atoms with Gasteiger partial charge in [0.15, 0.2) is 15.6 Å². The van der Waals surface area contributed by atoms with E-state index < -0.39 is 9.84 Å². The lowest BCUT2D eigenvalue weighted by molar-refractivity contribution is 0.0957. The first-order valence-corrected chi connectivity index (χ1v) is 11.5. The first kappa shape index (κ1) is 20.6. The third kappa shape index (κ3) is 4.92. The Morgan fingerprint density at radius 2 is 1.32 bits per heavy atom. The summed E-state index contributed by atoms with van der Waals surface area (Å²) in [4.78, 5) is 15.1. The number of hydrogen-bond donors (Lipinski definition) is 0. The fourth-order valence-corrected chi connectivity index (χ4v) is 4.52. The molecule has 0 aliphatic rings. The van der Waals surface area contributed by atoms with Crippen LogP contribution in [0.15, 0.2) is 112 Å². The third-order valence-corrected chi connectivity index (χ3v) is 6.46. The maximum Gasteiger partial charge on any atom is 0.294 e. The molecule has 3 aromatic carbocycles. The van der Waals surface area contributed by atoms with Gasteiger partial charge in [-0.2, -0.15) is 0 Å². The molecule has 156 valence electrons. The van der Waals surface area contributed by atoms with Crippen molar-refractivity contribution in [2.75, 3.05) is 4.90 Å². The lowest BCUT2D eigenvalue weighted by Gasteiger charge is -2.22. The van der Waals surface area contributed by atoms with E-state index in [1.54, 1.807) is 41.3 Å². The summed E-state index contributed by atoms with van der Waals surface area (Å²) in [7, 11) is -3.57. The second-order valence-corrected chi connectivity index (χ2v) is 9.04. The van der Waals surface area contributed by atoms with E-state index in [2.05, 4.69) is 0 Å². The van der Waals surface area contributed by atoms with Gasteiger partial charge in [0, 0.05) is 5.69 Å². The van der Waals surface area contributed by atoms with Crippen molar-refractivity contribution in [3.8, 4) is 0 Å². The van der Waals surface area contributed by atoms with Crippen molar-refractivity contribution < 1.29 is 17.6 Å². The van der Waals surface area contributed by atoms with E-state index in [1.165, 1.54) is 6.07 Å². The van der Waals surface area contributed by atoms with Gasteiger partial charge in [0.05, 0.1) is 11.4 Å². The number of benzene rings is 3. The molecule has 0 aliphatic carbocycles. The molecule has 0 saturated carbocycles. The number of carbonyl (C=O) groups excluding carboxylic acids is 1. The van der Waals surface area contributed by atoms with E-state index in [1.807, 2.05) is 60.7 Å². The fourth-order valence-electron chi connectivity index (χ4n) is 3.26. The molecular formula is C25H21NO4S. The average Bonchev–Trinajstić information content (AvgIpc) is 3.27. The quantitative estimate of drug-likeness (QED) is 0.408. The molecule has 1 amide bonds. The minimum Gasteiger partial charge on any atom is -0.455 e. The summed E-state index contributed by atoms with van der Waals surface area (Å²) in [6.07, 6.45) is 0. The lowest BCUT2D eigenvalue weighted by Crippen LogP contribution is -2.30. The Kier molecular flexibility index (Phi) is 6.00. The van der Waals surface area contributed by atoms with Crippen LogP contribution in [0.5, 0.6) is 0 Å². The van der Waals surface area contributed by atoms with Crippen LogP contribution in [0.4, 0.5) is 5.69 Å². The number of amides is 1. The predicted octanol–water partition coefficient (Wildman–Crippen LogP) is 5.10. The zero-order valence-electron chi connectivity index (χ0n) is 16.7. The van der Waals surface area contributed by atoms with Gasteiger partial charge in [-0.05, 0) is 42.0 Å². The molecule has 0 spiro atoms. The molecule has 4 rings (SSSR count). The molecule has 0 N–H and O–H groups in total. The number of hydrogen-bond acceptors (Lipinski definition) is 4. The molecule has 1 aromatic heterocycles. The molecule has 5 nitrogen and oxygen atoms in total. The standard InChI is InChI=1S/C25H21NO4S/c27-25(26(21-12-6-2-7-13-21)18-20-10-4-1-5-11-20)24-17-16-22(30-24)19-31(28,29)23-14-8-3-9-15-23/h1-17H,18-19H2. The monoisotopic (exact) mass is 431 g/mol. The Hall–Kier alpha value is -3.64. The van der Waals surface area contributed by atoms with E-state index in [-0.39, 0.29) is 28.1 Å². The van der Waals surface area contributed by atoms with Crippen LogP contribution in [-0.2, 0) is 22.1 Å². The molecule has 4 aromatic rings. The summed E-state index contributed by atoms with van der Waals surface area (Å²) in [5.74, 6) is -0.328. The first-order chi connectivity index (χ1) is 15.0. The molecule has 1 heterocycles. The van der Waals surface area contributed by atoms with Crippen molar-refractivity contribution >= 4 is 21.4 Å². The Morgan fingerprint density at radius 3 is 1.97 bits per heavy atom. The van der Waals surface area contributed by atoms with Crippen molar-refractivity contribution in [2.45, 2.75) is 17.2 Å². The van der Waals surface area contributed by atoms with Gasteiger partial charge in [-0.15, -0.1) is 0 Å². The molecule has 6 heteroatoms. The molecule has 0 aliphatic heterocycles.